The molecule has 0 radical (unpaired) electrons. The van der Waals surface area contributed by atoms with Crippen molar-refractivity contribution in [1.29, 1.82) is 0 Å². The molecule has 0 aromatic heterocycles. The molecular formula is C15H29N. The van der Waals surface area contributed by atoms with Gasteiger partial charge in [-0.15, -0.1) is 0 Å². The molecular weight excluding hydrogens is 194 g/mol. The summed E-state index contributed by atoms with van der Waals surface area (Å²) in [6.45, 7) is 11.7. The average molecular weight is 223 g/mol. The Morgan fingerprint density at radius 3 is 2.88 bits per heavy atom. The molecule has 0 spiro atoms. The maximum Gasteiger partial charge on any atom is 0.0137 e. The van der Waals surface area contributed by atoms with E-state index in [1.807, 2.05) is 0 Å². The van der Waals surface area contributed by atoms with Crippen LogP contribution in [0.5, 0.6) is 0 Å². The van der Waals surface area contributed by atoms with Gasteiger partial charge in [0.2, 0.25) is 0 Å². The van der Waals surface area contributed by atoms with E-state index in [0.717, 1.165) is 12.5 Å². The fourth-order valence-corrected chi connectivity index (χ4v) is 2.85. The molecule has 0 saturated carbocycles. The molecule has 0 fully saturated rings. The number of rotatable bonds is 3. The van der Waals surface area contributed by atoms with Crippen LogP contribution in [0.2, 0.25) is 0 Å². The van der Waals surface area contributed by atoms with Gasteiger partial charge in [-0.2, -0.15) is 0 Å². The van der Waals surface area contributed by atoms with Crippen molar-refractivity contribution in [2.24, 2.45) is 11.3 Å². The summed E-state index contributed by atoms with van der Waals surface area (Å²) in [6.07, 6.45) is 9.05. The highest BCUT2D eigenvalue weighted by Gasteiger charge is 2.27. The molecule has 1 heteroatoms. The van der Waals surface area contributed by atoms with Gasteiger partial charge in [0.05, 0.1) is 0 Å². The van der Waals surface area contributed by atoms with Crippen LogP contribution in [-0.4, -0.2) is 13.1 Å². The Morgan fingerprint density at radius 1 is 1.44 bits per heavy atom. The number of nitrogens with one attached hydrogen (secondary N) is 1. The lowest BCUT2D eigenvalue weighted by Gasteiger charge is -2.34. The van der Waals surface area contributed by atoms with Crippen molar-refractivity contribution in [1.82, 2.24) is 5.32 Å². The van der Waals surface area contributed by atoms with E-state index in [1.165, 1.54) is 38.6 Å². The maximum atomic E-state index is 3.60. The van der Waals surface area contributed by atoms with Crippen molar-refractivity contribution < 1.29 is 0 Å². The van der Waals surface area contributed by atoms with Crippen LogP contribution >= 0.6 is 0 Å². The summed E-state index contributed by atoms with van der Waals surface area (Å²) in [5.74, 6) is 0.840. The van der Waals surface area contributed by atoms with Crippen LogP contribution < -0.4 is 5.32 Å². The van der Waals surface area contributed by atoms with E-state index in [0.29, 0.717) is 5.41 Å². The number of allylic oxidation sites excluding steroid dienone is 1. The van der Waals surface area contributed by atoms with Gasteiger partial charge in [0, 0.05) is 6.54 Å². The fourth-order valence-electron chi connectivity index (χ4n) is 2.85. The molecule has 94 valence electrons. The van der Waals surface area contributed by atoms with E-state index in [9.17, 15) is 0 Å². The Kier molecular flexibility index (Phi) is 5.54. The summed E-state index contributed by atoms with van der Waals surface area (Å²) < 4.78 is 0. The van der Waals surface area contributed by atoms with Crippen molar-refractivity contribution in [3.8, 4) is 0 Å². The Bertz CT molecular complexity index is 228. The van der Waals surface area contributed by atoms with Crippen LogP contribution in [0.1, 0.15) is 59.8 Å². The summed E-state index contributed by atoms with van der Waals surface area (Å²) in [6, 6.07) is 0. The third-order valence-corrected chi connectivity index (χ3v) is 4.11. The third-order valence-electron chi connectivity index (χ3n) is 4.11. The highest BCUT2D eigenvalue weighted by Crippen LogP contribution is 2.35. The van der Waals surface area contributed by atoms with E-state index in [1.54, 1.807) is 5.57 Å². The molecule has 1 heterocycles. The highest BCUT2D eigenvalue weighted by molar-refractivity contribution is 5.00. The molecule has 0 amide bonds. The minimum absolute atomic E-state index is 0.500. The standard InChI is InChI=1S/C15H29N/c1-5-10-15(3,4)14-8-6-7-13(2)9-11-16-12-14/h9,14,16H,5-8,10-12H2,1-4H3. The van der Waals surface area contributed by atoms with Gasteiger partial charge < -0.3 is 5.32 Å². The largest absolute Gasteiger partial charge is 0.313 e. The smallest absolute Gasteiger partial charge is 0.0137 e. The van der Waals surface area contributed by atoms with Gasteiger partial charge in [-0.05, 0) is 50.5 Å². The van der Waals surface area contributed by atoms with Crippen LogP contribution in [-0.2, 0) is 0 Å². The van der Waals surface area contributed by atoms with Gasteiger partial charge in [-0.3, -0.25) is 0 Å². The quantitative estimate of drug-likeness (QED) is 0.709. The lowest BCUT2D eigenvalue weighted by Crippen LogP contribution is -2.33. The second kappa shape index (κ2) is 6.44. The monoisotopic (exact) mass is 223 g/mol. The second-order valence-corrected chi connectivity index (χ2v) is 6.04. The molecule has 1 aliphatic heterocycles. The Morgan fingerprint density at radius 2 is 2.19 bits per heavy atom. The zero-order valence-electron chi connectivity index (χ0n) is 11.6. The summed E-state index contributed by atoms with van der Waals surface area (Å²) >= 11 is 0. The summed E-state index contributed by atoms with van der Waals surface area (Å²) in [4.78, 5) is 0. The minimum atomic E-state index is 0.500. The molecule has 0 aliphatic carbocycles. The second-order valence-electron chi connectivity index (χ2n) is 6.04. The highest BCUT2D eigenvalue weighted by atomic mass is 14.9. The Balaban J connectivity index is 2.54. The molecule has 16 heavy (non-hydrogen) atoms. The van der Waals surface area contributed by atoms with E-state index >= 15 is 0 Å². The van der Waals surface area contributed by atoms with Crippen molar-refractivity contribution >= 4 is 0 Å². The van der Waals surface area contributed by atoms with Crippen molar-refractivity contribution in [3.63, 3.8) is 0 Å². The molecule has 1 atom stereocenters. The lowest BCUT2D eigenvalue weighted by atomic mass is 9.73. The van der Waals surface area contributed by atoms with Crippen LogP contribution in [0.15, 0.2) is 11.6 Å². The zero-order chi connectivity index (χ0) is 12.0. The first-order valence-electron chi connectivity index (χ1n) is 6.92. The molecule has 0 saturated heterocycles. The maximum absolute atomic E-state index is 3.60. The normalized spacial score (nSPS) is 24.2. The van der Waals surface area contributed by atoms with E-state index in [4.69, 9.17) is 0 Å². The van der Waals surface area contributed by atoms with Crippen molar-refractivity contribution in [3.05, 3.63) is 11.6 Å². The molecule has 0 aromatic rings. The SMILES string of the molecule is CCCC(C)(C)C1CCCC(C)=CCNC1. The van der Waals surface area contributed by atoms with Gasteiger partial charge in [0.25, 0.3) is 0 Å². The van der Waals surface area contributed by atoms with Gasteiger partial charge in [-0.1, -0.05) is 38.8 Å². The molecule has 1 N–H and O–H groups in total. The first-order valence-corrected chi connectivity index (χ1v) is 6.92. The fraction of sp³-hybridized carbons (Fsp3) is 0.867. The van der Waals surface area contributed by atoms with Gasteiger partial charge in [0.1, 0.15) is 0 Å². The Labute approximate surface area is 102 Å². The molecule has 0 bridgehead atoms. The first-order chi connectivity index (χ1) is 7.56. The summed E-state index contributed by atoms with van der Waals surface area (Å²) in [7, 11) is 0. The molecule has 1 nitrogen and oxygen atoms in total. The van der Waals surface area contributed by atoms with Crippen LogP contribution in [0.3, 0.4) is 0 Å². The minimum Gasteiger partial charge on any atom is -0.313 e. The number of hydrogen-bond acceptors (Lipinski definition) is 1. The predicted octanol–water partition coefficient (Wildman–Crippen LogP) is 4.15. The van der Waals surface area contributed by atoms with Crippen molar-refractivity contribution in [2.75, 3.05) is 13.1 Å². The van der Waals surface area contributed by atoms with Gasteiger partial charge >= 0.3 is 0 Å². The van der Waals surface area contributed by atoms with Gasteiger partial charge in [0.15, 0.2) is 0 Å². The van der Waals surface area contributed by atoms with E-state index in [-0.39, 0.29) is 0 Å². The number of hydrogen-bond donors (Lipinski definition) is 1. The van der Waals surface area contributed by atoms with E-state index < -0.39 is 0 Å². The molecule has 1 aliphatic rings. The zero-order valence-corrected chi connectivity index (χ0v) is 11.6. The predicted molar refractivity (Wildman–Crippen MR) is 72.7 cm³/mol. The lowest BCUT2D eigenvalue weighted by molar-refractivity contribution is 0.176. The van der Waals surface area contributed by atoms with Crippen LogP contribution in [0, 0.1) is 11.3 Å². The summed E-state index contributed by atoms with van der Waals surface area (Å²) in [5.41, 5.74) is 2.06. The first kappa shape index (κ1) is 13.8. The van der Waals surface area contributed by atoms with E-state index in [2.05, 4.69) is 39.1 Å². The topological polar surface area (TPSA) is 12.0 Å². The molecule has 0 aromatic carbocycles. The molecule has 1 unspecified atom stereocenters. The van der Waals surface area contributed by atoms with Crippen LogP contribution in [0.25, 0.3) is 0 Å². The molecule has 1 rings (SSSR count). The Hall–Kier alpha value is -0.300. The third kappa shape index (κ3) is 4.29. The van der Waals surface area contributed by atoms with Crippen LogP contribution in [0.4, 0.5) is 0 Å². The summed E-state index contributed by atoms with van der Waals surface area (Å²) in [5, 5.41) is 3.60. The average Bonchev–Trinajstić information content (AvgIpc) is 2.30. The van der Waals surface area contributed by atoms with Gasteiger partial charge in [-0.25, -0.2) is 0 Å². The van der Waals surface area contributed by atoms with Crippen molar-refractivity contribution in [2.45, 2.75) is 59.8 Å².